The number of rotatable bonds is 8. The van der Waals surface area contributed by atoms with Gasteiger partial charge in [0.2, 0.25) is 5.91 Å². The summed E-state index contributed by atoms with van der Waals surface area (Å²) >= 11 is 6.03. The van der Waals surface area contributed by atoms with Gasteiger partial charge in [0.15, 0.2) is 0 Å². The van der Waals surface area contributed by atoms with E-state index in [-0.39, 0.29) is 42.7 Å². The smallest absolute Gasteiger partial charge is 0.407 e. The van der Waals surface area contributed by atoms with Crippen molar-refractivity contribution in [2.75, 3.05) is 31.6 Å². The van der Waals surface area contributed by atoms with Gasteiger partial charge in [-0.3, -0.25) is 9.78 Å². The van der Waals surface area contributed by atoms with Crippen LogP contribution >= 0.6 is 11.6 Å². The number of nitrogens with zero attached hydrogens (tertiary/aromatic N) is 2. The van der Waals surface area contributed by atoms with E-state index in [1.807, 2.05) is 0 Å². The molecular weight excluding hydrogens is 601 g/mol. The van der Waals surface area contributed by atoms with Gasteiger partial charge in [-0.05, 0) is 48.2 Å². The number of aromatic nitrogens is 1. The number of halogens is 4. The van der Waals surface area contributed by atoms with Gasteiger partial charge < -0.3 is 30.5 Å². The Bertz CT molecular complexity index is 1490. The maximum Gasteiger partial charge on any atom is 0.407 e. The Kier molecular flexibility index (Phi) is 9.74. The van der Waals surface area contributed by atoms with Crippen LogP contribution in [0.25, 0.3) is 0 Å². The number of ether oxygens (including phenoxy) is 2. The summed E-state index contributed by atoms with van der Waals surface area (Å²) in [7, 11) is 0. The number of nitrogens with one attached hydrogen (secondary N) is 1. The highest BCUT2D eigenvalue weighted by Crippen LogP contribution is 2.34. The molecule has 2 saturated heterocycles. The summed E-state index contributed by atoms with van der Waals surface area (Å²) in [5.41, 5.74) is 6.56. The molecule has 5 rings (SSSR count). The fourth-order valence-corrected chi connectivity index (χ4v) is 6.06. The van der Waals surface area contributed by atoms with Gasteiger partial charge >= 0.3 is 6.09 Å². The van der Waals surface area contributed by atoms with Gasteiger partial charge in [-0.2, -0.15) is 0 Å². The van der Waals surface area contributed by atoms with Gasteiger partial charge in [0.05, 0.1) is 48.9 Å². The first kappa shape index (κ1) is 31.7. The first-order chi connectivity index (χ1) is 21.0. The van der Waals surface area contributed by atoms with E-state index in [0.29, 0.717) is 42.7 Å². The van der Waals surface area contributed by atoms with Crippen molar-refractivity contribution in [3.8, 4) is 0 Å². The molecule has 2 fully saturated rings. The van der Waals surface area contributed by atoms with Crippen LogP contribution in [0.4, 0.5) is 23.7 Å². The first-order valence-corrected chi connectivity index (χ1v) is 14.5. The monoisotopic (exact) mass is 632 g/mol. The standard InChI is InChI=1S/C31H32ClF3N4O5/c32-20-3-1-18(2-4-20)27(19-11-21(33)13-22(34)12-19)28(36)29(40)38-26-15-37-14-25(35)24(26)6-5-23-16-39(30(41)42)17-31(44-23)7-9-43-10-8-31/h1-4,11-15,23,27-28H,5-10,16-17,36H2,(H,38,40)(H,41,42)/t23?,27-,28-/m0/s1. The summed E-state index contributed by atoms with van der Waals surface area (Å²) in [6.07, 6.45) is 2.16. The predicted octanol–water partition coefficient (Wildman–Crippen LogP) is 5.11. The summed E-state index contributed by atoms with van der Waals surface area (Å²) in [5.74, 6) is -4.06. The molecular formula is C31H32ClF3N4O5. The molecule has 9 nitrogen and oxygen atoms in total. The second kappa shape index (κ2) is 13.5. The third-order valence-electron chi connectivity index (χ3n) is 8.11. The van der Waals surface area contributed by atoms with Crippen LogP contribution in [0.5, 0.6) is 0 Å². The number of anilines is 1. The van der Waals surface area contributed by atoms with Crippen LogP contribution in [0.1, 0.15) is 41.9 Å². The van der Waals surface area contributed by atoms with E-state index < -0.39 is 53.1 Å². The number of carboxylic acid groups (broad SMARTS) is 1. The minimum Gasteiger partial charge on any atom is -0.465 e. The molecule has 3 atom stereocenters. The number of hydrogen-bond donors (Lipinski definition) is 3. The lowest BCUT2D eigenvalue weighted by molar-refractivity contribution is -0.184. The minimum atomic E-state index is -1.35. The lowest BCUT2D eigenvalue weighted by Gasteiger charge is -2.47. The van der Waals surface area contributed by atoms with Crippen LogP contribution in [0.3, 0.4) is 0 Å². The fourth-order valence-electron chi connectivity index (χ4n) is 5.93. The zero-order valence-electron chi connectivity index (χ0n) is 23.6. The average Bonchev–Trinajstić information content (AvgIpc) is 2.97. The molecule has 0 saturated carbocycles. The molecule has 13 heteroatoms. The molecule has 1 aromatic heterocycles. The number of benzene rings is 2. The van der Waals surface area contributed by atoms with Crippen molar-refractivity contribution in [1.29, 1.82) is 0 Å². The Morgan fingerprint density at radius 1 is 1.09 bits per heavy atom. The lowest BCUT2D eigenvalue weighted by atomic mass is 9.84. The summed E-state index contributed by atoms with van der Waals surface area (Å²) in [6, 6.07) is 7.91. The van der Waals surface area contributed by atoms with E-state index in [1.54, 1.807) is 24.3 Å². The van der Waals surface area contributed by atoms with Crippen LogP contribution in [0, 0.1) is 17.5 Å². The SMILES string of the molecule is N[C@H](C(=O)Nc1cncc(F)c1CCC1CN(C(=O)O)CC2(CCOCC2)O1)[C@@H](c1ccc(Cl)cc1)c1cc(F)cc(F)c1. The highest BCUT2D eigenvalue weighted by molar-refractivity contribution is 6.30. The van der Waals surface area contributed by atoms with Crippen LogP contribution in [-0.2, 0) is 20.7 Å². The van der Waals surface area contributed by atoms with Gasteiger partial charge in [-0.25, -0.2) is 18.0 Å². The lowest BCUT2D eigenvalue weighted by Crippen LogP contribution is -2.58. The van der Waals surface area contributed by atoms with Gasteiger partial charge in [0.1, 0.15) is 17.5 Å². The van der Waals surface area contributed by atoms with E-state index in [2.05, 4.69) is 10.3 Å². The number of amides is 2. The zero-order valence-corrected chi connectivity index (χ0v) is 24.4. The number of carbonyl (C=O) groups excluding carboxylic acids is 1. The molecule has 0 radical (unpaired) electrons. The molecule has 0 aliphatic carbocycles. The van der Waals surface area contributed by atoms with E-state index in [0.717, 1.165) is 18.3 Å². The molecule has 1 spiro atoms. The zero-order chi connectivity index (χ0) is 31.4. The van der Waals surface area contributed by atoms with Gasteiger partial charge in [-0.1, -0.05) is 23.7 Å². The first-order valence-electron chi connectivity index (χ1n) is 14.2. The van der Waals surface area contributed by atoms with Crippen LogP contribution in [0.15, 0.2) is 54.9 Å². The summed E-state index contributed by atoms with van der Waals surface area (Å²) in [4.78, 5) is 30.6. The van der Waals surface area contributed by atoms with Gasteiger partial charge in [0.25, 0.3) is 0 Å². The number of hydrogen-bond acceptors (Lipinski definition) is 6. The Morgan fingerprint density at radius 3 is 2.43 bits per heavy atom. The van der Waals surface area contributed by atoms with E-state index in [1.165, 1.54) is 11.1 Å². The molecule has 2 amide bonds. The van der Waals surface area contributed by atoms with E-state index in [4.69, 9.17) is 26.8 Å². The largest absolute Gasteiger partial charge is 0.465 e. The molecule has 44 heavy (non-hydrogen) atoms. The number of pyridine rings is 1. The minimum absolute atomic E-state index is 0.0670. The van der Waals surface area contributed by atoms with Crippen molar-refractivity contribution in [2.24, 2.45) is 5.73 Å². The summed E-state index contributed by atoms with van der Waals surface area (Å²) in [5, 5.41) is 12.8. The second-order valence-electron chi connectivity index (χ2n) is 11.1. The third-order valence-corrected chi connectivity index (χ3v) is 8.36. The molecule has 1 unspecified atom stereocenters. The maximum absolute atomic E-state index is 15.1. The molecule has 4 N–H and O–H groups in total. The van der Waals surface area contributed by atoms with Crippen LogP contribution in [-0.4, -0.2) is 71.0 Å². The van der Waals surface area contributed by atoms with Gasteiger partial charge in [0, 0.05) is 48.6 Å². The number of nitrogens with two attached hydrogens (primary N) is 1. The Labute approximate surface area is 257 Å². The average molecular weight is 633 g/mol. The molecule has 2 aromatic carbocycles. The fraction of sp³-hybridized carbons (Fsp3) is 0.387. The van der Waals surface area contributed by atoms with Crippen molar-refractivity contribution in [1.82, 2.24) is 9.88 Å². The predicted molar refractivity (Wildman–Crippen MR) is 156 cm³/mol. The van der Waals surface area contributed by atoms with Crippen molar-refractivity contribution >= 4 is 29.3 Å². The number of carbonyl (C=O) groups is 2. The topological polar surface area (TPSA) is 127 Å². The summed E-state index contributed by atoms with van der Waals surface area (Å²) < 4.78 is 55.3. The normalized spacial score (nSPS) is 19.4. The molecule has 234 valence electrons. The molecule has 3 heterocycles. The van der Waals surface area contributed by atoms with Crippen molar-refractivity contribution in [3.63, 3.8) is 0 Å². The highest BCUT2D eigenvalue weighted by Gasteiger charge is 2.43. The van der Waals surface area contributed by atoms with Gasteiger partial charge in [-0.15, -0.1) is 0 Å². The van der Waals surface area contributed by atoms with Crippen molar-refractivity contribution in [3.05, 3.63) is 94.0 Å². The quantitative estimate of drug-likeness (QED) is 0.315. The Morgan fingerprint density at radius 2 is 1.77 bits per heavy atom. The second-order valence-corrected chi connectivity index (χ2v) is 11.6. The van der Waals surface area contributed by atoms with Crippen molar-refractivity contribution in [2.45, 2.75) is 49.3 Å². The third kappa shape index (κ3) is 7.32. The Hall–Kier alpha value is -3.71. The molecule has 2 aliphatic rings. The Balaban J connectivity index is 1.36. The molecule has 0 bridgehead atoms. The van der Waals surface area contributed by atoms with Crippen LogP contribution < -0.4 is 11.1 Å². The van der Waals surface area contributed by atoms with E-state index in [9.17, 15) is 23.5 Å². The highest BCUT2D eigenvalue weighted by atomic mass is 35.5. The summed E-state index contributed by atoms with van der Waals surface area (Å²) in [6.45, 7) is 1.25. The maximum atomic E-state index is 15.1. The van der Waals surface area contributed by atoms with Crippen LogP contribution in [0.2, 0.25) is 5.02 Å². The molecule has 2 aliphatic heterocycles. The molecule has 3 aromatic rings. The number of morpholine rings is 1. The van der Waals surface area contributed by atoms with E-state index >= 15 is 4.39 Å². The van der Waals surface area contributed by atoms with Crippen molar-refractivity contribution < 1.29 is 37.3 Å².